The third-order valence-corrected chi connectivity index (χ3v) is 3.12. The fourth-order valence-corrected chi connectivity index (χ4v) is 2.30. The van der Waals surface area contributed by atoms with E-state index in [4.69, 9.17) is 0 Å². The van der Waals surface area contributed by atoms with Gasteiger partial charge in [-0.25, -0.2) is 0 Å². The lowest BCUT2D eigenvalue weighted by Crippen LogP contribution is -2.19. The fraction of sp³-hybridized carbons (Fsp3) is 0.429. The lowest BCUT2D eigenvalue weighted by atomic mass is 10.0. The molecule has 0 heterocycles. The molecule has 1 aliphatic carbocycles. The molecule has 0 radical (unpaired) electrons. The van der Waals surface area contributed by atoms with Crippen molar-refractivity contribution in [2.45, 2.75) is 32.2 Å². The first kappa shape index (κ1) is 10.4. The summed E-state index contributed by atoms with van der Waals surface area (Å²) in [6.07, 6.45) is 5.58. The molecule has 0 bridgehead atoms. The van der Waals surface area contributed by atoms with E-state index in [0.29, 0.717) is 6.04 Å². The summed E-state index contributed by atoms with van der Waals surface area (Å²) in [5, 5.41) is 3.60. The van der Waals surface area contributed by atoms with Crippen LogP contribution in [-0.2, 0) is 6.42 Å². The van der Waals surface area contributed by atoms with Crippen LogP contribution < -0.4 is 5.32 Å². The standard InChI is InChI=1S/C14H19N/c1-3-9-15-14-8-6-12-10-11(4-2)5-7-13(12)14/h4-5,7,10,14-15H,2-3,6,8-9H2,1H3. The van der Waals surface area contributed by atoms with Gasteiger partial charge in [0.2, 0.25) is 0 Å². The second-order valence-electron chi connectivity index (χ2n) is 4.21. The van der Waals surface area contributed by atoms with Crippen LogP contribution in [0, 0.1) is 0 Å². The van der Waals surface area contributed by atoms with Crippen molar-refractivity contribution < 1.29 is 0 Å². The van der Waals surface area contributed by atoms with Crippen LogP contribution in [0.2, 0.25) is 0 Å². The molecule has 15 heavy (non-hydrogen) atoms. The summed E-state index contributed by atoms with van der Waals surface area (Å²) in [6.45, 7) is 7.14. The lowest BCUT2D eigenvalue weighted by Gasteiger charge is -2.13. The SMILES string of the molecule is C=Cc1ccc2c(c1)CCC2NCCC. The highest BCUT2D eigenvalue weighted by Gasteiger charge is 2.21. The van der Waals surface area contributed by atoms with E-state index < -0.39 is 0 Å². The molecule has 2 rings (SSSR count). The predicted molar refractivity (Wildman–Crippen MR) is 65.9 cm³/mol. The monoisotopic (exact) mass is 201 g/mol. The van der Waals surface area contributed by atoms with E-state index >= 15 is 0 Å². The molecule has 1 aromatic carbocycles. The molecule has 0 saturated heterocycles. The van der Waals surface area contributed by atoms with Gasteiger partial charge in [-0.2, -0.15) is 0 Å². The molecule has 1 heteroatoms. The van der Waals surface area contributed by atoms with Crippen molar-refractivity contribution in [2.24, 2.45) is 0 Å². The highest BCUT2D eigenvalue weighted by Crippen LogP contribution is 2.31. The van der Waals surface area contributed by atoms with Gasteiger partial charge in [0.25, 0.3) is 0 Å². The molecule has 1 atom stereocenters. The van der Waals surface area contributed by atoms with Crippen molar-refractivity contribution in [3.63, 3.8) is 0 Å². The molecule has 0 fully saturated rings. The topological polar surface area (TPSA) is 12.0 Å². The first-order chi connectivity index (χ1) is 7.35. The van der Waals surface area contributed by atoms with Crippen LogP contribution in [0.25, 0.3) is 6.08 Å². The zero-order valence-electron chi connectivity index (χ0n) is 9.42. The first-order valence-corrected chi connectivity index (χ1v) is 5.83. The van der Waals surface area contributed by atoms with Crippen molar-refractivity contribution >= 4 is 6.08 Å². The van der Waals surface area contributed by atoms with E-state index in [0.717, 1.165) is 6.54 Å². The highest BCUT2D eigenvalue weighted by molar-refractivity contribution is 5.51. The maximum atomic E-state index is 3.81. The number of benzene rings is 1. The number of nitrogens with one attached hydrogen (secondary N) is 1. The zero-order valence-corrected chi connectivity index (χ0v) is 9.42. The number of hydrogen-bond acceptors (Lipinski definition) is 1. The van der Waals surface area contributed by atoms with E-state index in [1.54, 1.807) is 0 Å². The van der Waals surface area contributed by atoms with Gasteiger partial charge in [0, 0.05) is 6.04 Å². The van der Waals surface area contributed by atoms with Crippen molar-refractivity contribution in [2.75, 3.05) is 6.54 Å². The molecule has 1 N–H and O–H groups in total. The Morgan fingerprint density at radius 1 is 1.53 bits per heavy atom. The first-order valence-electron chi connectivity index (χ1n) is 5.83. The third-order valence-electron chi connectivity index (χ3n) is 3.12. The quantitative estimate of drug-likeness (QED) is 0.788. The smallest absolute Gasteiger partial charge is 0.0326 e. The van der Waals surface area contributed by atoms with Crippen LogP contribution in [0.4, 0.5) is 0 Å². The lowest BCUT2D eigenvalue weighted by molar-refractivity contribution is 0.529. The minimum absolute atomic E-state index is 0.582. The van der Waals surface area contributed by atoms with E-state index in [-0.39, 0.29) is 0 Å². The summed E-state index contributed by atoms with van der Waals surface area (Å²) in [7, 11) is 0. The maximum absolute atomic E-state index is 3.81. The second kappa shape index (κ2) is 4.63. The van der Waals surface area contributed by atoms with E-state index in [2.05, 4.69) is 37.0 Å². The number of fused-ring (bicyclic) bond motifs is 1. The molecule has 80 valence electrons. The minimum Gasteiger partial charge on any atom is -0.310 e. The van der Waals surface area contributed by atoms with Crippen molar-refractivity contribution in [3.8, 4) is 0 Å². The molecule has 0 aromatic heterocycles. The summed E-state index contributed by atoms with van der Waals surface area (Å²) >= 11 is 0. The summed E-state index contributed by atoms with van der Waals surface area (Å²) in [5.74, 6) is 0. The molecule has 1 aromatic rings. The summed E-state index contributed by atoms with van der Waals surface area (Å²) in [5.41, 5.74) is 4.24. The van der Waals surface area contributed by atoms with Gasteiger partial charge in [-0.3, -0.25) is 0 Å². The zero-order chi connectivity index (χ0) is 10.7. The number of aryl methyl sites for hydroxylation is 1. The summed E-state index contributed by atoms with van der Waals surface area (Å²) < 4.78 is 0. The Bertz CT molecular complexity index is 354. The average Bonchev–Trinajstić information content (AvgIpc) is 2.68. The number of rotatable bonds is 4. The normalized spacial score (nSPS) is 18.9. The molecule has 0 spiro atoms. The van der Waals surface area contributed by atoms with Gasteiger partial charge in [-0.15, -0.1) is 0 Å². The number of hydrogen-bond donors (Lipinski definition) is 1. The van der Waals surface area contributed by atoms with Gasteiger partial charge in [0.05, 0.1) is 0 Å². The van der Waals surface area contributed by atoms with Crippen molar-refractivity contribution in [1.29, 1.82) is 0 Å². The van der Waals surface area contributed by atoms with Crippen molar-refractivity contribution in [1.82, 2.24) is 5.32 Å². The van der Waals surface area contributed by atoms with Crippen LogP contribution in [-0.4, -0.2) is 6.54 Å². The van der Waals surface area contributed by atoms with Gasteiger partial charge in [-0.05, 0) is 42.5 Å². The Labute approximate surface area is 92.2 Å². The van der Waals surface area contributed by atoms with Crippen LogP contribution in [0.1, 0.15) is 42.5 Å². The van der Waals surface area contributed by atoms with E-state index in [1.165, 1.54) is 36.0 Å². The fourth-order valence-electron chi connectivity index (χ4n) is 2.30. The van der Waals surface area contributed by atoms with Crippen LogP contribution in [0.5, 0.6) is 0 Å². The largest absolute Gasteiger partial charge is 0.310 e. The van der Waals surface area contributed by atoms with Gasteiger partial charge < -0.3 is 5.32 Å². The highest BCUT2D eigenvalue weighted by atomic mass is 14.9. The molecule has 0 aliphatic heterocycles. The van der Waals surface area contributed by atoms with E-state index in [9.17, 15) is 0 Å². The molecular weight excluding hydrogens is 182 g/mol. The Balaban J connectivity index is 2.16. The Morgan fingerprint density at radius 2 is 2.40 bits per heavy atom. The van der Waals surface area contributed by atoms with Crippen LogP contribution in [0.15, 0.2) is 24.8 Å². The van der Waals surface area contributed by atoms with Crippen LogP contribution in [0.3, 0.4) is 0 Å². The van der Waals surface area contributed by atoms with Gasteiger partial charge >= 0.3 is 0 Å². The molecule has 1 unspecified atom stereocenters. The molecule has 0 saturated carbocycles. The third kappa shape index (κ3) is 2.13. The summed E-state index contributed by atoms with van der Waals surface area (Å²) in [6, 6.07) is 7.28. The van der Waals surface area contributed by atoms with Crippen molar-refractivity contribution in [3.05, 3.63) is 41.5 Å². The predicted octanol–water partition coefficient (Wildman–Crippen LogP) is 3.32. The summed E-state index contributed by atoms with van der Waals surface area (Å²) in [4.78, 5) is 0. The average molecular weight is 201 g/mol. The van der Waals surface area contributed by atoms with E-state index in [1.807, 2.05) is 6.08 Å². The Morgan fingerprint density at radius 3 is 3.13 bits per heavy atom. The molecule has 1 nitrogen and oxygen atoms in total. The molecular formula is C14H19N. The second-order valence-corrected chi connectivity index (χ2v) is 4.21. The Kier molecular flexibility index (Phi) is 3.22. The maximum Gasteiger partial charge on any atom is 0.0326 e. The Hall–Kier alpha value is -1.08. The minimum atomic E-state index is 0.582. The van der Waals surface area contributed by atoms with Gasteiger partial charge in [0.15, 0.2) is 0 Å². The molecule has 0 amide bonds. The van der Waals surface area contributed by atoms with Gasteiger partial charge in [0.1, 0.15) is 0 Å². The van der Waals surface area contributed by atoms with Gasteiger partial charge in [-0.1, -0.05) is 37.8 Å². The molecule has 1 aliphatic rings. The van der Waals surface area contributed by atoms with Crippen LogP contribution >= 0.6 is 0 Å².